The van der Waals surface area contributed by atoms with Crippen molar-refractivity contribution in [3.8, 4) is 5.75 Å². The summed E-state index contributed by atoms with van der Waals surface area (Å²) in [7, 11) is -1.42. The topological polar surface area (TPSA) is 274 Å². The zero-order valence-electron chi connectivity index (χ0n) is 21.2. The van der Waals surface area contributed by atoms with Gasteiger partial charge in [-0.3, -0.25) is 4.79 Å². The first-order valence-corrected chi connectivity index (χ1v) is 13.8. The highest BCUT2D eigenvalue weighted by Crippen LogP contribution is 2.42. The van der Waals surface area contributed by atoms with E-state index in [9.17, 15) is 14.7 Å². The van der Waals surface area contributed by atoms with E-state index in [1.165, 1.54) is 24.3 Å². The lowest BCUT2D eigenvalue weighted by molar-refractivity contribution is -0.433. The number of nitrogens with two attached hydrogens (primary N) is 2. The quantitative estimate of drug-likeness (QED) is 0.0324. The van der Waals surface area contributed by atoms with Crippen LogP contribution in [0.15, 0.2) is 73.9 Å². The van der Waals surface area contributed by atoms with Crippen molar-refractivity contribution in [3.05, 3.63) is 59.7 Å². The molecule has 0 saturated heterocycles. The molecule has 3 rings (SSSR count). The van der Waals surface area contributed by atoms with E-state index < -0.39 is 21.7 Å². The Balaban J connectivity index is 0.00000616. The van der Waals surface area contributed by atoms with E-state index >= 15 is 0 Å². The van der Waals surface area contributed by atoms with Crippen molar-refractivity contribution < 1.29 is 54.2 Å². The average molecular weight is 643 g/mol. The molecule has 1 atom stereocenters. The fourth-order valence-corrected chi connectivity index (χ4v) is 4.28. The van der Waals surface area contributed by atoms with Crippen LogP contribution in [0.25, 0.3) is 0 Å². The van der Waals surface area contributed by atoms with E-state index in [0.717, 1.165) is 11.6 Å². The summed E-state index contributed by atoms with van der Waals surface area (Å²) in [6.07, 6.45) is 0. The summed E-state index contributed by atoms with van der Waals surface area (Å²) >= 11 is 5.41. The molecule has 224 valence electrons. The number of benzene rings is 3. The number of aromatic carboxylic acids is 1. The third-order valence-corrected chi connectivity index (χ3v) is 6.61. The Morgan fingerprint density at radius 1 is 0.976 bits per heavy atom. The van der Waals surface area contributed by atoms with Crippen LogP contribution >= 0.6 is 12.0 Å². The molecule has 3 aromatic carbocycles. The summed E-state index contributed by atoms with van der Waals surface area (Å²) in [4.78, 5) is 24.1. The molecule has 0 aliphatic rings. The largest absolute Gasteiger partial charge is 0.478 e. The van der Waals surface area contributed by atoms with Crippen LogP contribution in [0.1, 0.15) is 15.9 Å². The van der Waals surface area contributed by atoms with Crippen molar-refractivity contribution >= 4 is 79.0 Å². The molecule has 0 aromatic heterocycles. The second-order valence-electron chi connectivity index (χ2n) is 7.59. The number of nitrogens with zero attached hydrogens (tertiary/aromatic N) is 4. The lowest BCUT2D eigenvalue weighted by Gasteiger charge is -2.10. The fourth-order valence-electron chi connectivity index (χ4n) is 3.02. The number of carboxylic acids is 1. The number of aryl methyl sites for hydroxylation is 1. The average Bonchev–Trinajstić information content (AvgIpc) is 2.92. The molecule has 0 bridgehead atoms. The number of azo groups is 2. The molecule has 0 fully saturated rings. The molecule has 0 aliphatic heterocycles. The van der Waals surface area contributed by atoms with Gasteiger partial charge in [-0.25, -0.2) is 15.3 Å². The van der Waals surface area contributed by atoms with Gasteiger partial charge < -0.3 is 26.8 Å². The van der Waals surface area contributed by atoms with Gasteiger partial charge in [0, 0.05) is 0 Å². The molecule has 0 heterocycles. The van der Waals surface area contributed by atoms with Crippen molar-refractivity contribution in [2.45, 2.75) is 11.8 Å². The Hall–Kier alpha value is -3.96. The van der Waals surface area contributed by atoms with Crippen LogP contribution < -0.4 is 16.2 Å². The third kappa shape index (κ3) is 9.56. The predicted molar refractivity (Wildman–Crippen MR) is 152 cm³/mol. The number of hydrogen-bond donors (Lipinski definition) is 5. The summed E-state index contributed by atoms with van der Waals surface area (Å²) in [5, 5.41) is 49.6. The first-order valence-electron chi connectivity index (χ1n) is 10.8. The second-order valence-corrected chi connectivity index (χ2v) is 10.5. The number of hydrogen-bond acceptors (Lipinski definition) is 17. The van der Waals surface area contributed by atoms with Crippen molar-refractivity contribution in [2.75, 3.05) is 17.2 Å². The molecule has 17 nitrogen and oxygen atoms in total. The fraction of sp³-hybridized carbons (Fsp3) is 0.0909. The number of nitrogen functional groups attached to an aromatic ring is 2. The van der Waals surface area contributed by atoms with Gasteiger partial charge in [-0.05, 0) is 66.1 Å². The first kappa shape index (κ1) is 34.2. The Morgan fingerprint density at radius 2 is 1.67 bits per heavy atom. The van der Waals surface area contributed by atoms with Crippen LogP contribution in [0.2, 0.25) is 0 Å². The molecule has 0 radical (unpaired) electrons. The molecule has 0 aliphatic carbocycles. The minimum atomic E-state index is -1.42. The number of carbonyl (C=O) groups is 2. The van der Waals surface area contributed by atoms with E-state index in [-0.39, 0.29) is 51.0 Å². The highest BCUT2D eigenvalue weighted by Gasteiger charge is 2.20. The molecule has 1 unspecified atom stereocenters. The third-order valence-electron chi connectivity index (χ3n) is 4.77. The van der Waals surface area contributed by atoms with Gasteiger partial charge in [0.25, 0.3) is 0 Å². The summed E-state index contributed by atoms with van der Waals surface area (Å²) in [6, 6.07) is 11.9. The van der Waals surface area contributed by atoms with Crippen LogP contribution in [-0.2, 0) is 44.5 Å². The SMILES string of the molecule is Cc1ccc(N=Nc2c(C(=O)O)cc(N)c(N=Nc3ccc(OC(=O)CS(=S)OOO)cc3)c2N)c(SOOO)c1.O. The Labute approximate surface area is 247 Å². The normalized spacial score (nSPS) is 11.9. The monoisotopic (exact) mass is 642 g/mol. The van der Waals surface area contributed by atoms with Crippen molar-refractivity contribution in [2.24, 2.45) is 20.5 Å². The summed E-state index contributed by atoms with van der Waals surface area (Å²) in [6.45, 7) is 1.81. The molecule has 0 amide bonds. The summed E-state index contributed by atoms with van der Waals surface area (Å²) in [5.41, 5.74) is 12.7. The molecular weight excluding hydrogens is 620 g/mol. The van der Waals surface area contributed by atoms with E-state index in [4.69, 9.17) is 37.9 Å². The van der Waals surface area contributed by atoms with Gasteiger partial charge in [0.1, 0.15) is 28.6 Å². The minimum Gasteiger partial charge on any atom is -0.478 e. The zero-order valence-corrected chi connectivity index (χ0v) is 23.6. The van der Waals surface area contributed by atoms with Crippen molar-refractivity contribution in [3.63, 3.8) is 0 Å². The van der Waals surface area contributed by atoms with E-state index in [1.807, 2.05) is 6.92 Å². The Bertz CT molecular complexity index is 1510. The second kappa shape index (κ2) is 16.5. The summed E-state index contributed by atoms with van der Waals surface area (Å²) < 4.78 is 13.8. The molecular formula is C22H22N6O11S3. The number of rotatable bonds is 13. The van der Waals surface area contributed by atoms with Crippen molar-refractivity contribution in [1.29, 1.82) is 0 Å². The molecule has 3 aromatic rings. The smallest absolute Gasteiger partial charge is 0.338 e. The molecule has 20 heteroatoms. The van der Waals surface area contributed by atoms with E-state index in [0.29, 0.717) is 22.6 Å². The number of carboxylic acid groups (broad SMARTS) is 1. The van der Waals surface area contributed by atoms with Crippen LogP contribution in [-0.4, -0.2) is 38.8 Å². The van der Waals surface area contributed by atoms with E-state index in [1.54, 1.807) is 18.2 Å². The molecule has 42 heavy (non-hydrogen) atoms. The van der Waals surface area contributed by atoms with Crippen LogP contribution in [0.5, 0.6) is 5.75 Å². The lowest BCUT2D eigenvalue weighted by atomic mass is 10.1. The van der Waals surface area contributed by atoms with Crippen LogP contribution in [0, 0.1) is 6.92 Å². The molecule has 9 N–H and O–H groups in total. The highest BCUT2D eigenvalue weighted by atomic mass is 32.8. The maximum absolute atomic E-state index is 11.9. The molecule has 0 saturated carbocycles. The Morgan fingerprint density at radius 3 is 2.31 bits per heavy atom. The zero-order chi connectivity index (χ0) is 29.9. The maximum atomic E-state index is 11.9. The van der Waals surface area contributed by atoms with Gasteiger partial charge in [-0.15, -0.1) is 24.0 Å². The van der Waals surface area contributed by atoms with Gasteiger partial charge in [-0.2, -0.15) is 5.11 Å². The molecule has 0 spiro atoms. The van der Waals surface area contributed by atoms with Crippen LogP contribution in [0.3, 0.4) is 0 Å². The number of ether oxygens (including phenoxy) is 1. The number of anilines is 2. The lowest BCUT2D eigenvalue weighted by Crippen LogP contribution is -2.17. The highest BCUT2D eigenvalue weighted by molar-refractivity contribution is 8.26. The number of carbonyl (C=O) groups excluding carboxylic acids is 1. The van der Waals surface area contributed by atoms with Gasteiger partial charge >= 0.3 is 11.9 Å². The first-order chi connectivity index (χ1) is 19.6. The Kier molecular flexibility index (Phi) is 13.4. The predicted octanol–water partition coefficient (Wildman–Crippen LogP) is 4.61. The number of esters is 1. The van der Waals surface area contributed by atoms with Gasteiger partial charge in [0.05, 0.1) is 49.3 Å². The van der Waals surface area contributed by atoms with Crippen molar-refractivity contribution in [1.82, 2.24) is 0 Å². The maximum Gasteiger partial charge on any atom is 0.338 e. The van der Waals surface area contributed by atoms with Gasteiger partial charge in [-0.1, -0.05) is 16.1 Å². The van der Waals surface area contributed by atoms with Gasteiger partial charge in [0.2, 0.25) is 0 Å². The standard InChI is InChI=1S/C22H20N6O10S3.H2O/c1-11-2-7-16(17(8-11)40-37-35-32)26-27-20-14(22(30)31)9-15(23)21(19(20)24)28-25-12-3-5-13(6-4-12)34-18(29)10-41(39)38-36-33;/h2-9,32-33H,10,23-24H2,1H3,(H,30,31);1H2. The van der Waals surface area contributed by atoms with Crippen LogP contribution in [0.4, 0.5) is 34.1 Å². The van der Waals surface area contributed by atoms with E-state index in [2.05, 4.69) is 39.2 Å². The summed E-state index contributed by atoms with van der Waals surface area (Å²) in [5.74, 6) is -2.25. The minimum absolute atomic E-state index is 0. The van der Waals surface area contributed by atoms with Gasteiger partial charge in [0.15, 0.2) is 0 Å².